The molecule has 4 heteroatoms. The molecule has 0 aliphatic rings. The first-order valence-electron chi connectivity index (χ1n) is 4.23. The number of rotatable bonds is 1. The maximum atomic E-state index is 5.75. The molecule has 0 atom stereocenters. The fourth-order valence-electron chi connectivity index (χ4n) is 1.28. The maximum absolute atomic E-state index is 5.75. The predicted molar refractivity (Wildman–Crippen MR) is 59.8 cm³/mol. The molecule has 0 saturated heterocycles. The average molecular weight is 225 g/mol. The summed E-state index contributed by atoms with van der Waals surface area (Å²) in [6.45, 7) is 4.12. The van der Waals surface area contributed by atoms with Crippen LogP contribution in [0.3, 0.4) is 0 Å². The molecule has 2 nitrogen and oxygen atoms in total. The van der Waals surface area contributed by atoms with Crippen LogP contribution in [0.25, 0.3) is 10.6 Å². The Hall–Kier alpha value is -0.930. The van der Waals surface area contributed by atoms with Crippen molar-refractivity contribution in [3.05, 3.63) is 33.8 Å². The zero-order valence-electron chi connectivity index (χ0n) is 7.91. The molecule has 0 N–H and O–H groups in total. The number of hydrogen-bond donors (Lipinski definition) is 0. The van der Waals surface area contributed by atoms with E-state index in [4.69, 9.17) is 11.6 Å². The SMILES string of the molecule is Cc1ccc(C)c(-c2nnc(Cl)s2)c1. The van der Waals surface area contributed by atoms with Gasteiger partial charge in [0, 0.05) is 5.56 Å². The van der Waals surface area contributed by atoms with Crippen molar-refractivity contribution in [2.45, 2.75) is 13.8 Å². The van der Waals surface area contributed by atoms with Crippen molar-refractivity contribution in [3.8, 4) is 10.6 Å². The van der Waals surface area contributed by atoms with Gasteiger partial charge in [0.2, 0.25) is 4.47 Å². The Morgan fingerprint density at radius 3 is 2.64 bits per heavy atom. The van der Waals surface area contributed by atoms with Crippen molar-refractivity contribution >= 4 is 22.9 Å². The fourth-order valence-corrected chi connectivity index (χ4v) is 2.19. The van der Waals surface area contributed by atoms with Gasteiger partial charge in [0.15, 0.2) is 0 Å². The lowest BCUT2D eigenvalue weighted by Gasteiger charge is -2.02. The highest BCUT2D eigenvalue weighted by Gasteiger charge is 2.07. The summed E-state index contributed by atoms with van der Waals surface area (Å²) in [7, 11) is 0. The zero-order valence-corrected chi connectivity index (χ0v) is 9.49. The van der Waals surface area contributed by atoms with E-state index in [9.17, 15) is 0 Å². The molecule has 1 heterocycles. The minimum atomic E-state index is 0.487. The van der Waals surface area contributed by atoms with Gasteiger partial charge in [-0.15, -0.1) is 10.2 Å². The molecule has 0 bridgehead atoms. The van der Waals surface area contributed by atoms with E-state index in [0.29, 0.717) is 4.47 Å². The van der Waals surface area contributed by atoms with Gasteiger partial charge in [-0.05, 0) is 37.1 Å². The Bertz CT molecular complexity index is 465. The largest absolute Gasteiger partial charge is 0.207 e. The van der Waals surface area contributed by atoms with Crippen LogP contribution in [0.2, 0.25) is 4.47 Å². The first-order valence-corrected chi connectivity index (χ1v) is 5.43. The second-order valence-corrected chi connectivity index (χ2v) is 4.74. The van der Waals surface area contributed by atoms with E-state index in [1.165, 1.54) is 22.5 Å². The van der Waals surface area contributed by atoms with E-state index < -0.39 is 0 Å². The number of benzene rings is 1. The zero-order chi connectivity index (χ0) is 10.1. The molecule has 0 aliphatic heterocycles. The number of aryl methyl sites for hydroxylation is 2. The van der Waals surface area contributed by atoms with Crippen molar-refractivity contribution in [1.29, 1.82) is 0 Å². The molecule has 0 unspecified atom stereocenters. The van der Waals surface area contributed by atoms with Gasteiger partial charge in [0.05, 0.1) is 0 Å². The molecule has 72 valence electrons. The summed E-state index contributed by atoms with van der Waals surface area (Å²) in [6, 6.07) is 6.27. The standard InChI is InChI=1S/C10H9ClN2S/c1-6-3-4-7(2)8(5-6)9-12-13-10(11)14-9/h3-5H,1-2H3. The summed E-state index contributed by atoms with van der Waals surface area (Å²) in [6.07, 6.45) is 0. The van der Waals surface area contributed by atoms with Crippen molar-refractivity contribution in [2.24, 2.45) is 0 Å². The summed E-state index contributed by atoms with van der Waals surface area (Å²) < 4.78 is 0.487. The summed E-state index contributed by atoms with van der Waals surface area (Å²) in [5, 5.41) is 8.71. The quantitative estimate of drug-likeness (QED) is 0.741. The fraction of sp³-hybridized carbons (Fsp3) is 0.200. The lowest BCUT2D eigenvalue weighted by Crippen LogP contribution is -1.83. The molecular formula is C10H9ClN2S. The van der Waals surface area contributed by atoms with Gasteiger partial charge in [0.25, 0.3) is 0 Å². The molecule has 2 aromatic rings. The third kappa shape index (κ3) is 1.79. The Kier molecular flexibility index (Phi) is 2.52. The molecule has 1 aromatic heterocycles. The first-order chi connectivity index (χ1) is 6.66. The smallest absolute Gasteiger partial charge is 0.137 e. The Morgan fingerprint density at radius 1 is 1.21 bits per heavy atom. The van der Waals surface area contributed by atoms with Crippen molar-refractivity contribution in [1.82, 2.24) is 10.2 Å². The molecule has 1 aromatic carbocycles. The van der Waals surface area contributed by atoms with Gasteiger partial charge in [-0.25, -0.2) is 0 Å². The van der Waals surface area contributed by atoms with E-state index in [2.05, 4.69) is 42.2 Å². The van der Waals surface area contributed by atoms with Crippen molar-refractivity contribution in [3.63, 3.8) is 0 Å². The average Bonchev–Trinajstić information content (AvgIpc) is 2.56. The highest BCUT2D eigenvalue weighted by molar-refractivity contribution is 7.18. The third-order valence-electron chi connectivity index (χ3n) is 2.02. The lowest BCUT2D eigenvalue weighted by molar-refractivity contribution is 1.09. The van der Waals surface area contributed by atoms with Gasteiger partial charge >= 0.3 is 0 Å². The summed E-state index contributed by atoms with van der Waals surface area (Å²) in [4.78, 5) is 0. The van der Waals surface area contributed by atoms with E-state index in [1.807, 2.05) is 0 Å². The van der Waals surface area contributed by atoms with E-state index >= 15 is 0 Å². The molecule has 0 aliphatic carbocycles. The van der Waals surface area contributed by atoms with Gasteiger partial charge in [-0.3, -0.25) is 0 Å². The lowest BCUT2D eigenvalue weighted by atomic mass is 10.1. The molecule has 14 heavy (non-hydrogen) atoms. The van der Waals surface area contributed by atoms with E-state index in [-0.39, 0.29) is 0 Å². The summed E-state index contributed by atoms with van der Waals surface area (Å²) in [5.74, 6) is 0. The van der Waals surface area contributed by atoms with Gasteiger partial charge in [0.1, 0.15) is 5.01 Å². The molecule has 0 saturated carbocycles. The number of hydrogen-bond acceptors (Lipinski definition) is 3. The molecule has 0 spiro atoms. The van der Waals surface area contributed by atoms with Crippen LogP contribution in [0.4, 0.5) is 0 Å². The van der Waals surface area contributed by atoms with Crippen LogP contribution in [0, 0.1) is 13.8 Å². The molecular weight excluding hydrogens is 216 g/mol. The molecule has 0 amide bonds. The van der Waals surface area contributed by atoms with Crippen LogP contribution >= 0.6 is 22.9 Å². The molecule has 0 fully saturated rings. The summed E-state index contributed by atoms with van der Waals surface area (Å²) in [5.41, 5.74) is 3.54. The highest BCUT2D eigenvalue weighted by Crippen LogP contribution is 2.29. The van der Waals surface area contributed by atoms with Crippen LogP contribution in [0.15, 0.2) is 18.2 Å². The van der Waals surface area contributed by atoms with Crippen LogP contribution in [-0.4, -0.2) is 10.2 Å². The van der Waals surface area contributed by atoms with Crippen LogP contribution in [0.1, 0.15) is 11.1 Å². The Labute approximate surface area is 91.6 Å². The highest BCUT2D eigenvalue weighted by atomic mass is 35.5. The second kappa shape index (κ2) is 3.67. The van der Waals surface area contributed by atoms with Crippen LogP contribution in [0.5, 0.6) is 0 Å². The second-order valence-electron chi connectivity index (χ2n) is 3.18. The minimum Gasteiger partial charge on any atom is -0.137 e. The van der Waals surface area contributed by atoms with Gasteiger partial charge in [-0.1, -0.05) is 29.0 Å². The number of aromatic nitrogens is 2. The van der Waals surface area contributed by atoms with Crippen molar-refractivity contribution < 1.29 is 0 Å². The number of halogens is 1. The van der Waals surface area contributed by atoms with Gasteiger partial charge in [-0.2, -0.15) is 0 Å². The van der Waals surface area contributed by atoms with E-state index in [1.54, 1.807) is 0 Å². The first kappa shape index (κ1) is 9.62. The Balaban J connectivity index is 2.55. The van der Waals surface area contributed by atoms with Gasteiger partial charge < -0.3 is 0 Å². The van der Waals surface area contributed by atoms with Crippen molar-refractivity contribution in [2.75, 3.05) is 0 Å². The Morgan fingerprint density at radius 2 is 2.00 bits per heavy atom. The predicted octanol–water partition coefficient (Wildman–Crippen LogP) is 3.48. The summed E-state index contributed by atoms with van der Waals surface area (Å²) >= 11 is 7.15. The minimum absolute atomic E-state index is 0.487. The maximum Gasteiger partial charge on any atom is 0.207 e. The molecule has 0 radical (unpaired) electrons. The van der Waals surface area contributed by atoms with E-state index in [0.717, 1.165) is 10.6 Å². The van der Waals surface area contributed by atoms with Crippen LogP contribution < -0.4 is 0 Å². The topological polar surface area (TPSA) is 25.8 Å². The normalized spacial score (nSPS) is 10.5. The number of nitrogens with zero attached hydrogens (tertiary/aromatic N) is 2. The third-order valence-corrected chi connectivity index (χ3v) is 3.08. The monoisotopic (exact) mass is 224 g/mol. The molecule has 2 rings (SSSR count). The van der Waals surface area contributed by atoms with Crippen LogP contribution in [-0.2, 0) is 0 Å².